The minimum Gasteiger partial charge on any atom is -0.477 e. The van der Waals surface area contributed by atoms with Crippen LogP contribution in [0.1, 0.15) is 47.8 Å². The predicted octanol–water partition coefficient (Wildman–Crippen LogP) is 1.44. The van der Waals surface area contributed by atoms with Gasteiger partial charge in [-0.3, -0.25) is 19.2 Å². The van der Waals surface area contributed by atoms with Gasteiger partial charge in [-0.15, -0.1) is 5.10 Å². The first-order valence-corrected chi connectivity index (χ1v) is 19.2. The van der Waals surface area contributed by atoms with Crippen LogP contribution in [0.4, 0.5) is 15.8 Å². The number of carboxylic acid groups (broad SMARTS) is 1. The van der Waals surface area contributed by atoms with Crippen LogP contribution in [0.3, 0.4) is 0 Å². The molecule has 5 atom stereocenters. The molecular weight excluding hydrogens is 738 g/mol. The molecule has 18 heteroatoms. The SMILES string of the molecule is O=C(CCCn1cc(CCN2CCN(c3cc4c(cc3F)c(=O)c(C(=O)O)cn4C3CC3)CC2)nn1)Nc1ccc(S[C@@H]2O[C@H](CO)[C@H](O)[C@H](O)[C@H]2O)cc1. The zero-order chi connectivity index (χ0) is 38.8. The fourth-order valence-electron chi connectivity index (χ4n) is 7.00. The van der Waals surface area contributed by atoms with Gasteiger partial charge in [0.15, 0.2) is 0 Å². The monoisotopic (exact) mass is 781 g/mol. The van der Waals surface area contributed by atoms with Crippen molar-refractivity contribution < 1.29 is 44.2 Å². The molecule has 2 saturated heterocycles. The lowest BCUT2D eigenvalue weighted by Gasteiger charge is -2.39. The van der Waals surface area contributed by atoms with Crippen LogP contribution in [-0.4, -0.2) is 131 Å². The smallest absolute Gasteiger partial charge is 0.341 e. The Kier molecular flexibility index (Phi) is 11.8. The number of rotatable bonds is 14. The van der Waals surface area contributed by atoms with Crippen molar-refractivity contribution in [2.45, 2.75) is 79.4 Å². The van der Waals surface area contributed by atoms with E-state index in [-0.39, 0.29) is 29.3 Å². The number of benzene rings is 2. The lowest BCUT2D eigenvalue weighted by atomic mass is 10.0. The summed E-state index contributed by atoms with van der Waals surface area (Å²) in [5.74, 6) is -2.03. The lowest BCUT2D eigenvalue weighted by Crippen LogP contribution is -2.57. The maximum atomic E-state index is 15.4. The van der Waals surface area contributed by atoms with E-state index in [2.05, 4.69) is 20.5 Å². The number of anilines is 2. The summed E-state index contributed by atoms with van der Waals surface area (Å²) in [6.07, 6.45) is 1.31. The Balaban J connectivity index is 0.836. The molecule has 294 valence electrons. The Hall–Kier alpha value is -4.43. The second-order valence-electron chi connectivity index (χ2n) is 14.2. The van der Waals surface area contributed by atoms with Gasteiger partial charge < -0.3 is 45.1 Å². The molecule has 2 aromatic carbocycles. The van der Waals surface area contributed by atoms with Gasteiger partial charge in [0.05, 0.1) is 23.5 Å². The molecule has 4 aromatic rings. The molecule has 0 spiro atoms. The van der Waals surface area contributed by atoms with Crippen LogP contribution in [0, 0.1) is 5.82 Å². The minimum atomic E-state index is -1.45. The zero-order valence-corrected chi connectivity index (χ0v) is 30.7. The summed E-state index contributed by atoms with van der Waals surface area (Å²) in [5, 5.41) is 60.6. The van der Waals surface area contributed by atoms with E-state index in [1.807, 2.05) is 15.7 Å². The summed E-state index contributed by atoms with van der Waals surface area (Å²) < 4.78 is 24.4. The van der Waals surface area contributed by atoms with E-state index in [0.29, 0.717) is 67.4 Å². The van der Waals surface area contributed by atoms with Crippen molar-refractivity contribution in [3.05, 3.63) is 76.1 Å². The molecular formula is C37H44FN7O9S. The molecule has 4 heterocycles. The topological polar surface area (TPSA) is 216 Å². The number of nitrogens with zero attached hydrogens (tertiary/aromatic N) is 6. The van der Waals surface area contributed by atoms with Gasteiger partial charge in [0.2, 0.25) is 11.3 Å². The van der Waals surface area contributed by atoms with Crippen LogP contribution < -0.4 is 15.6 Å². The molecule has 6 N–H and O–H groups in total. The third-order valence-electron chi connectivity index (χ3n) is 10.3. The van der Waals surface area contributed by atoms with Gasteiger partial charge in [-0.2, -0.15) is 0 Å². The number of aliphatic hydroxyl groups is 4. The summed E-state index contributed by atoms with van der Waals surface area (Å²) in [7, 11) is 0. The third kappa shape index (κ3) is 8.85. The van der Waals surface area contributed by atoms with E-state index in [0.717, 1.165) is 36.8 Å². The fourth-order valence-corrected chi connectivity index (χ4v) is 8.06. The van der Waals surface area contributed by atoms with E-state index in [1.54, 1.807) is 35.0 Å². The minimum absolute atomic E-state index is 0.0835. The molecule has 1 amide bonds. The molecule has 1 saturated carbocycles. The van der Waals surface area contributed by atoms with Crippen LogP contribution in [0.2, 0.25) is 0 Å². The van der Waals surface area contributed by atoms with E-state index in [4.69, 9.17) is 4.74 Å². The second-order valence-corrected chi connectivity index (χ2v) is 15.4. The highest BCUT2D eigenvalue weighted by Crippen LogP contribution is 2.38. The van der Waals surface area contributed by atoms with Crippen LogP contribution in [0.5, 0.6) is 0 Å². The van der Waals surface area contributed by atoms with Gasteiger partial charge in [-0.05, 0) is 55.7 Å². The molecule has 2 aliphatic heterocycles. The Labute approximate surface area is 319 Å². The summed E-state index contributed by atoms with van der Waals surface area (Å²) in [6, 6.07) is 9.86. The molecule has 16 nitrogen and oxygen atoms in total. The normalized spacial score (nSPS) is 23.3. The summed E-state index contributed by atoms with van der Waals surface area (Å²) in [5.41, 5.74) is 0.459. The summed E-state index contributed by atoms with van der Waals surface area (Å²) >= 11 is 1.13. The van der Waals surface area contributed by atoms with Gasteiger partial charge in [0.25, 0.3) is 0 Å². The number of halogens is 1. The van der Waals surface area contributed by atoms with Crippen LogP contribution >= 0.6 is 11.8 Å². The van der Waals surface area contributed by atoms with E-state index in [9.17, 15) is 39.9 Å². The average molecular weight is 782 g/mol. The predicted molar refractivity (Wildman–Crippen MR) is 200 cm³/mol. The molecule has 0 bridgehead atoms. The Morgan fingerprint density at radius 3 is 2.42 bits per heavy atom. The summed E-state index contributed by atoms with van der Waals surface area (Å²) in [6.45, 7) is 3.33. The van der Waals surface area contributed by atoms with Crippen LogP contribution in [-0.2, 0) is 22.5 Å². The number of aliphatic hydroxyl groups excluding tert-OH is 4. The number of amides is 1. The molecule has 7 rings (SSSR count). The van der Waals surface area contributed by atoms with Gasteiger partial charge in [-0.25, -0.2) is 9.18 Å². The zero-order valence-electron chi connectivity index (χ0n) is 29.9. The molecule has 0 radical (unpaired) electrons. The van der Waals surface area contributed by atoms with E-state index >= 15 is 4.39 Å². The Morgan fingerprint density at radius 1 is 0.982 bits per heavy atom. The number of ether oxygens (including phenoxy) is 1. The average Bonchev–Trinajstić information content (AvgIpc) is 3.92. The number of hydrogen-bond acceptors (Lipinski definition) is 13. The van der Waals surface area contributed by atoms with Crippen molar-refractivity contribution in [1.29, 1.82) is 0 Å². The van der Waals surface area contributed by atoms with Crippen molar-refractivity contribution in [3.8, 4) is 0 Å². The molecule has 1 aliphatic carbocycles. The number of carbonyl (C=O) groups excluding carboxylic acids is 1. The number of fused-ring (bicyclic) bond motifs is 1. The molecule has 55 heavy (non-hydrogen) atoms. The highest BCUT2D eigenvalue weighted by molar-refractivity contribution is 7.99. The maximum Gasteiger partial charge on any atom is 0.341 e. The third-order valence-corrected chi connectivity index (χ3v) is 11.5. The van der Waals surface area contributed by atoms with Gasteiger partial charge in [-0.1, -0.05) is 17.0 Å². The first-order chi connectivity index (χ1) is 26.5. The fraction of sp³-hybridized carbons (Fsp3) is 0.486. The van der Waals surface area contributed by atoms with E-state index in [1.165, 1.54) is 12.3 Å². The number of pyridine rings is 1. The highest BCUT2D eigenvalue weighted by Gasteiger charge is 2.43. The maximum absolute atomic E-state index is 15.4. The highest BCUT2D eigenvalue weighted by atomic mass is 32.2. The Morgan fingerprint density at radius 2 is 1.73 bits per heavy atom. The number of carboxylic acids is 1. The number of aromatic carboxylic acids is 1. The number of thioether (sulfide) groups is 1. The van der Waals surface area contributed by atoms with Crippen molar-refractivity contribution in [3.63, 3.8) is 0 Å². The quantitative estimate of drug-likeness (QED) is 0.107. The largest absolute Gasteiger partial charge is 0.477 e. The van der Waals surface area contributed by atoms with Gasteiger partial charge in [0.1, 0.15) is 41.2 Å². The molecule has 0 unspecified atom stereocenters. The number of nitrogens with one attached hydrogen (secondary N) is 1. The number of aryl methyl sites for hydroxylation is 1. The van der Waals surface area contributed by atoms with Crippen molar-refractivity contribution in [2.75, 3.05) is 49.5 Å². The number of carbonyl (C=O) groups is 2. The first-order valence-electron chi connectivity index (χ1n) is 18.3. The molecule has 3 fully saturated rings. The van der Waals surface area contributed by atoms with Crippen LogP contribution in [0.15, 0.2) is 58.5 Å². The van der Waals surface area contributed by atoms with E-state index < -0.39 is 53.7 Å². The Bertz CT molecular complexity index is 2070. The lowest BCUT2D eigenvalue weighted by molar-refractivity contribution is -0.205. The van der Waals surface area contributed by atoms with Gasteiger partial charge >= 0.3 is 5.97 Å². The second kappa shape index (κ2) is 16.7. The van der Waals surface area contributed by atoms with Gasteiger partial charge in [0, 0.05) is 86.5 Å². The summed E-state index contributed by atoms with van der Waals surface area (Å²) in [4.78, 5) is 42.0. The number of piperazine rings is 1. The molecule has 2 aromatic heterocycles. The first kappa shape index (κ1) is 38.8. The standard InChI is InChI=1S/C37H44FN7O9S/c38-27-16-25-28(45(23-5-6-23)19-26(32(25)48)36(52)53)17-29(27)43-14-12-42(13-15-43)11-9-22-18-44(41-40-22)10-1-2-31(47)39-21-3-7-24(8-4-21)55-37-35(51)34(50)33(49)30(20-46)54-37/h3-4,7-8,16-19,23,30,33-35,37,46,49-51H,1-2,5-6,9-15,20H2,(H,39,47)(H,52,53)/t30-,33+,34+,35-,37+/m1/s1. The van der Waals surface area contributed by atoms with Crippen molar-refractivity contribution in [1.82, 2.24) is 24.5 Å². The van der Waals surface area contributed by atoms with Crippen molar-refractivity contribution in [2.24, 2.45) is 0 Å². The number of hydrogen-bond donors (Lipinski definition) is 6. The van der Waals surface area contributed by atoms with Crippen molar-refractivity contribution >= 4 is 45.9 Å². The molecule has 3 aliphatic rings. The van der Waals surface area contributed by atoms with Crippen LogP contribution in [0.25, 0.3) is 10.9 Å². The number of aromatic nitrogens is 4.